The molecule has 1 unspecified atom stereocenters. The number of thiazole rings is 1. The van der Waals surface area contributed by atoms with E-state index in [0.29, 0.717) is 28.4 Å². The zero-order valence-electron chi connectivity index (χ0n) is 21.4. The third kappa shape index (κ3) is 4.98. The largest absolute Gasteiger partial charge is 0.493 e. The van der Waals surface area contributed by atoms with Crippen molar-refractivity contribution in [1.82, 2.24) is 14.6 Å². The minimum atomic E-state index is -0.491. The van der Waals surface area contributed by atoms with Gasteiger partial charge in [-0.25, -0.2) is 0 Å². The molecule has 0 aliphatic carbocycles. The molecular weight excluding hydrogens is 510 g/mol. The second kappa shape index (κ2) is 10.3. The molecule has 0 N–H and O–H groups in total. The minimum Gasteiger partial charge on any atom is -0.493 e. The van der Waals surface area contributed by atoms with E-state index in [-0.39, 0.29) is 16.2 Å². The molecule has 8 heteroatoms. The molecule has 0 bridgehead atoms. The predicted octanol–water partition coefficient (Wildman–Crippen LogP) is 4.93. The highest BCUT2D eigenvalue weighted by molar-refractivity contribution is 7.15. The van der Waals surface area contributed by atoms with Crippen molar-refractivity contribution in [3.05, 3.63) is 121 Å². The zero-order valence-corrected chi connectivity index (χ0v) is 22.2. The summed E-state index contributed by atoms with van der Waals surface area (Å²) in [6.07, 6.45) is 3.44. The third-order valence-corrected chi connectivity index (χ3v) is 7.24. The molecule has 5 aromatic rings. The summed E-state index contributed by atoms with van der Waals surface area (Å²) in [5.41, 5.74) is 2.57. The summed E-state index contributed by atoms with van der Waals surface area (Å²) in [6.45, 7) is 4.75. The summed E-state index contributed by atoms with van der Waals surface area (Å²) in [5, 5.41) is 4.40. The number of fused-ring (bicyclic) bond motifs is 2. The van der Waals surface area contributed by atoms with Crippen LogP contribution < -0.4 is 25.1 Å². The normalized spacial score (nSPS) is 15.2. The van der Waals surface area contributed by atoms with E-state index < -0.39 is 11.7 Å². The highest BCUT2D eigenvalue weighted by Gasteiger charge is 2.23. The van der Waals surface area contributed by atoms with Crippen LogP contribution in [0.5, 0.6) is 11.5 Å². The zero-order chi connectivity index (χ0) is 26.9. The Balaban J connectivity index is 1.42. The van der Waals surface area contributed by atoms with E-state index in [1.54, 1.807) is 24.3 Å². The van der Waals surface area contributed by atoms with Gasteiger partial charge in [0, 0.05) is 11.1 Å². The van der Waals surface area contributed by atoms with Crippen molar-refractivity contribution in [2.75, 3.05) is 6.61 Å². The number of rotatable bonds is 6. The van der Waals surface area contributed by atoms with Crippen LogP contribution in [0, 0.1) is 5.92 Å². The first kappa shape index (κ1) is 24.8. The quantitative estimate of drug-likeness (QED) is 0.307. The predicted molar refractivity (Wildman–Crippen MR) is 153 cm³/mol. The highest BCUT2D eigenvalue weighted by Crippen LogP contribution is 2.37. The van der Waals surface area contributed by atoms with Crippen molar-refractivity contribution in [3.8, 4) is 22.8 Å². The molecule has 0 radical (unpaired) electrons. The van der Waals surface area contributed by atoms with Crippen molar-refractivity contribution in [1.29, 1.82) is 0 Å². The van der Waals surface area contributed by atoms with Crippen LogP contribution in [0.4, 0.5) is 0 Å². The second-order valence-electron chi connectivity index (χ2n) is 9.70. The van der Waals surface area contributed by atoms with Gasteiger partial charge in [0.05, 0.1) is 11.1 Å². The minimum absolute atomic E-state index is 0.112. The molecule has 3 heterocycles. The summed E-state index contributed by atoms with van der Waals surface area (Å²) in [5.74, 6) is 1.88. The molecule has 0 saturated carbocycles. The van der Waals surface area contributed by atoms with Gasteiger partial charge in [0.15, 0.2) is 5.69 Å². The van der Waals surface area contributed by atoms with Crippen LogP contribution >= 0.6 is 11.3 Å². The van der Waals surface area contributed by atoms with E-state index in [9.17, 15) is 9.59 Å². The molecule has 3 aromatic carbocycles. The summed E-state index contributed by atoms with van der Waals surface area (Å²) >= 11 is 1.13. The second-order valence-corrected chi connectivity index (χ2v) is 10.7. The van der Waals surface area contributed by atoms with Crippen LogP contribution in [-0.4, -0.2) is 21.2 Å². The lowest BCUT2D eigenvalue weighted by Gasteiger charge is -2.26. The summed E-state index contributed by atoms with van der Waals surface area (Å²) in [7, 11) is 0. The Kier molecular flexibility index (Phi) is 6.54. The molecule has 1 atom stereocenters. The Morgan fingerprint density at radius 3 is 2.51 bits per heavy atom. The molecule has 194 valence electrons. The van der Waals surface area contributed by atoms with Gasteiger partial charge in [0.25, 0.3) is 5.56 Å². The first-order valence-electron chi connectivity index (χ1n) is 12.7. The van der Waals surface area contributed by atoms with Gasteiger partial charge in [-0.2, -0.15) is 14.6 Å². The Morgan fingerprint density at radius 2 is 1.74 bits per heavy atom. The van der Waals surface area contributed by atoms with Gasteiger partial charge in [-0.1, -0.05) is 73.7 Å². The van der Waals surface area contributed by atoms with Gasteiger partial charge in [-0.3, -0.25) is 9.59 Å². The lowest BCUT2D eigenvalue weighted by atomic mass is 9.96. The van der Waals surface area contributed by atoms with Crippen LogP contribution in [0.3, 0.4) is 0 Å². The lowest BCUT2D eigenvalue weighted by Crippen LogP contribution is -2.27. The maximum atomic E-state index is 13.4. The Morgan fingerprint density at radius 1 is 1.00 bits per heavy atom. The van der Waals surface area contributed by atoms with E-state index in [1.165, 1.54) is 4.52 Å². The fourth-order valence-electron chi connectivity index (χ4n) is 4.38. The maximum absolute atomic E-state index is 13.4. The van der Waals surface area contributed by atoms with Gasteiger partial charge < -0.3 is 9.47 Å². The first-order chi connectivity index (χ1) is 19.0. The van der Waals surface area contributed by atoms with E-state index in [0.717, 1.165) is 33.8 Å². The maximum Gasteiger partial charge on any atom is 0.300 e. The monoisotopic (exact) mass is 535 g/mol. The van der Waals surface area contributed by atoms with Crippen molar-refractivity contribution >= 4 is 28.4 Å². The molecule has 6 rings (SSSR count). The molecular formula is C31H25N3O4S. The first-order valence-corrected chi connectivity index (χ1v) is 13.5. The van der Waals surface area contributed by atoms with Gasteiger partial charge in [-0.05, 0) is 59.5 Å². The van der Waals surface area contributed by atoms with Crippen LogP contribution in [0.15, 0.2) is 94.0 Å². The summed E-state index contributed by atoms with van der Waals surface area (Å²) in [4.78, 5) is 30.7. The fraction of sp³-hybridized carbons (Fsp3) is 0.161. The van der Waals surface area contributed by atoms with Gasteiger partial charge in [0.2, 0.25) is 4.96 Å². The van der Waals surface area contributed by atoms with Gasteiger partial charge in [-0.15, -0.1) is 0 Å². The highest BCUT2D eigenvalue weighted by atomic mass is 32.1. The number of para-hydroxylation sites is 1. The summed E-state index contributed by atoms with van der Waals surface area (Å²) < 4.78 is 13.7. The topological polar surface area (TPSA) is 82.8 Å². The number of hydrogen-bond donors (Lipinski definition) is 0. The Labute approximate surface area is 228 Å². The smallest absolute Gasteiger partial charge is 0.300 e. The molecule has 0 saturated heterocycles. The van der Waals surface area contributed by atoms with Gasteiger partial charge >= 0.3 is 5.56 Å². The summed E-state index contributed by atoms with van der Waals surface area (Å²) in [6, 6.07) is 24.7. The number of nitrogens with zero attached hydrogens (tertiary/aromatic N) is 3. The molecule has 2 aromatic heterocycles. The van der Waals surface area contributed by atoms with Gasteiger partial charge in [0.1, 0.15) is 17.6 Å². The van der Waals surface area contributed by atoms with Crippen molar-refractivity contribution in [2.24, 2.45) is 5.92 Å². The SMILES string of the molecule is CC(C)COc1ccc(-c2nn3c(=O)/c(=C\C4=Cc5ccccc5OC4c4ccccc4)sc3nc2=O)cc1. The average Bonchev–Trinajstić information content (AvgIpc) is 3.25. The van der Waals surface area contributed by atoms with Crippen molar-refractivity contribution in [3.63, 3.8) is 0 Å². The third-order valence-electron chi connectivity index (χ3n) is 6.29. The molecule has 0 spiro atoms. The molecule has 0 fully saturated rings. The Bertz CT molecular complexity index is 1860. The van der Waals surface area contributed by atoms with E-state index >= 15 is 0 Å². The molecule has 1 aliphatic rings. The Hall–Kier alpha value is -4.56. The molecule has 1 aliphatic heterocycles. The van der Waals surface area contributed by atoms with E-state index in [4.69, 9.17) is 9.47 Å². The van der Waals surface area contributed by atoms with Crippen LogP contribution in [0.2, 0.25) is 0 Å². The lowest BCUT2D eigenvalue weighted by molar-refractivity contribution is 0.244. The number of ether oxygens (including phenoxy) is 2. The number of hydrogen-bond acceptors (Lipinski definition) is 7. The molecule has 0 amide bonds. The standard InChI is InChI=1S/C31H25N3O4S/c1-19(2)18-37-24-14-12-20(13-15-24)27-29(35)32-31-34(33-27)30(36)26(39-31)17-23-16-22-10-6-7-11-25(22)38-28(23)21-8-4-3-5-9-21/h3-17,19,28H,18H2,1-2H3/b26-17+. The average molecular weight is 536 g/mol. The van der Waals surface area contributed by atoms with Crippen LogP contribution in [0.25, 0.3) is 28.4 Å². The van der Waals surface area contributed by atoms with E-state index in [1.807, 2.05) is 66.7 Å². The fourth-order valence-corrected chi connectivity index (χ4v) is 5.28. The van der Waals surface area contributed by atoms with Crippen molar-refractivity contribution in [2.45, 2.75) is 20.0 Å². The molecule has 39 heavy (non-hydrogen) atoms. The van der Waals surface area contributed by atoms with Crippen LogP contribution in [0.1, 0.15) is 31.1 Å². The van der Waals surface area contributed by atoms with E-state index in [2.05, 4.69) is 23.9 Å². The van der Waals surface area contributed by atoms with Crippen LogP contribution in [-0.2, 0) is 0 Å². The van der Waals surface area contributed by atoms with Crippen molar-refractivity contribution < 1.29 is 9.47 Å². The number of benzene rings is 3. The molecule has 7 nitrogen and oxygen atoms in total. The number of aromatic nitrogens is 3.